The Kier molecular flexibility index (Phi) is 39.0. The minimum Gasteiger partial charge on any atom is -0.726 e. The van der Waals surface area contributed by atoms with Crippen molar-refractivity contribution in [3.8, 4) is 0 Å². The highest BCUT2D eigenvalue weighted by Gasteiger charge is 2.25. The van der Waals surface area contributed by atoms with E-state index in [1.807, 2.05) is 0 Å². The van der Waals surface area contributed by atoms with Crippen LogP contribution < -0.4 is 5.73 Å². The Morgan fingerprint density at radius 1 is 0.489 bits per heavy atom. The molecule has 0 heterocycles. The Morgan fingerprint density at radius 2 is 0.681 bits per heavy atom. The van der Waals surface area contributed by atoms with Gasteiger partial charge in [0, 0.05) is 12.8 Å². The van der Waals surface area contributed by atoms with Gasteiger partial charge in [0.05, 0.1) is 13.7 Å². The lowest BCUT2D eigenvalue weighted by atomic mass is 9.91. The Balaban J connectivity index is 0. The van der Waals surface area contributed by atoms with Crippen LogP contribution in [-0.4, -0.2) is 38.2 Å². The predicted octanol–water partition coefficient (Wildman–Crippen LogP) is 10.6. The monoisotopic (exact) mass is 690 g/mol. The first-order chi connectivity index (χ1) is 22.7. The van der Waals surface area contributed by atoms with Gasteiger partial charge >= 0.3 is 0 Å². The fourth-order valence-electron chi connectivity index (χ4n) is 6.19. The van der Waals surface area contributed by atoms with Crippen molar-refractivity contribution in [2.24, 2.45) is 5.92 Å². The minimum atomic E-state index is -4.41. The van der Waals surface area contributed by atoms with Gasteiger partial charge in [0.1, 0.15) is 17.5 Å². The zero-order valence-corrected chi connectivity index (χ0v) is 32.3. The summed E-state index contributed by atoms with van der Waals surface area (Å²) in [7, 11) is -3.60. The van der Waals surface area contributed by atoms with Crippen molar-refractivity contribution in [3.63, 3.8) is 0 Å². The summed E-state index contributed by atoms with van der Waals surface area (Å²) in [5, 5.41) is 0. The van der Waals surface area contributed by atoms with Crippen LogP contribution in [0.4, 0.5) is 0 Å². The van der Waals surface area contributed by atoms with Crippen LogP contribution in [-0.2, 0) is 24.2 Å². The molecule has 0 radical (unpaired) electrons. The molecule has 0 bridgehead atoms. The van der Waals surface area contributed by atoms with E-state index in [9.17, 15) is 22.6 Å². The van der Waals surface area contributed by atoms with Crippen molar-refractivity contribution >= 4 is 22.0 Å². The summed E-state index contributed by atoms with van der Waals surface area (Å²) >= 11 is 0. The lowest BCUT2D eigenvalue weighted by molar-refractivity contribution is -0.372. The molecule has 0 aromatic carbocycles. The van der Waals surface area contributed by atoms with Crippen LogP contribution in [0.15, 0.2) is 0 Å². The number of hydrogen-bond donors (Lipinski definition) is 1. The van der Waals surface area contributed by atoms with Gasteiger partial charge in [-0.1, -0.05) is 194 Å². The molecule has 0 atom stereocenters. The number of quaternary nitrogens is 1. The number of unbranched alkanes of at least 4 members (excludes halogenated alkanes) is 28. The van der Waals surface area contributed by atoms with Crippen molar-refractivity contribution < 1.29 is 32.5 Å². The predicted molar refractivity (Wildman–Crippen MR) is 197 cm³/mol. The van der Waals surface area contributed by atoms with Crippen molar-refractivity contribution in [1.82, 2.24) is 0 Å². The Hall–Kier alpha value is -0.830. The molecule has 7 nitrogen and oxygen atoms in total. The zero-order valence-electron chi connectivity index (χ0n) is 31.5. The largest absolute Gasteiger partial charge is 0.726 e. The second-order valence-corrected chi connectivity index (χ2v) is 14.9. The molecule has 0 saturated carbocycles. The lowest BCUT2D eigenvalue weighted by Crippen LogP contribution is -2.57. The van der Waals surface area contributed by atoms with Crippen LogP contribution in [0.1, 0.15) is 219 Å². The fraction of sp³-hybridized carbons (Fsp3) is 0.949. The first-order valence-corrected chi connectivity index (χ1v) is 21.4. The third kappa shape index (κ3) is 39.5. The summed E-state index contributed by atoms with van der Waals surface area (Å²) in [5.41, 5.74) is 3.93. The third-order valence-corrected chi connectivity index (χ3v) is 9.73. The number of carbonyl (C=O) groups excluding carboxylic acids is 2. The second-order valence-electron chi connectivity index (χ2n) is 13.7. The topological polar surface area (TPSA) is 128 Å². The maximum Gasteiger partial charge on any atom is 0.217 e. The van der Waals surface area contributed by atoms with Crippen LogP contribution in [0.5, 0.6) is 0 Å². The second kappa shape index (κ2) is 38.0. The Labute approximate surface area is 292 Å². The number of hydrogen-bond acceptors (Lipinski definition) is 6. The van der Waals surface area contributed by atoms with Gasteiger partial charge in [-0.2, -0.15) is 0 Å². The highest BCUT2D eigenvalue weighted by molar-refractivity contribution is 7.80. The summed E-state index contributed by atoms with van der Waals surface area (Å²) in [6.45, 7) is 5.00. The van der Waals surface area contributed by atoms with Crippen LogP contribution in [0.2, 0.25) is 0 Å². The molecule has 8 heteroatoms. The highest BCUT2D eigenvalue weighted by atomic mass is 32.3. The molecule has 0 aliphatic carbocycles. The highest BCUT2D eigenvalue weighted by Crippen LogP contribution is 2.17. The van der Waals surface area contributed by atoms with Crippen molar-refractivity contribution in [2.75, 3.05) is 13.7 Å². The maximum atomic E-state index is 12.6. The summed E-state index contributed by atoms with van der Waals surface area (Å²) < 4.78 is 31.0. The van der Waals surface area contributed by atoms with Gasteiger partial charge < -0.3 is 10.3 Å². The van der Waals surface area contributed by atoms with Crippen LogP contribution in [0.25, 0.3) is 0 Å². The molecule has 0 rings (SSSR count). The lowest BCUT2D eigenvalue weighted by Gasteiger charge is -2.11. The van der Waals surface area contributed by atoms with Crippen LogP contribution in [0, 0.1) is 5.92 Å². The van der Waals surface area contributed by atoms with E-state index in [0.29, 0.717) is 19.4 Å². The van der Waals surface area contributed by atoms with Crippen molar-refractivity contribution in [2.45, 2.75) is 219 Å². The summed E-state index contributed by atoms with van der Waals surface area (Å²) in [6.07, 6.45) is 41.1. The molecule has 47 heavy (non-hydrogen) atoms. The SMILES string of the molecule is CCCCCCCCCCCCCCCCCC(=O)C(C[NH3+])C(=O)CCCCCCCCCCCCCCCCC.COS(=O)(=O)[O-]. The van der Waals surface area contributed by atoms with Gasteiger partial charge in [-0.3, -0.25) is 13.8 Å². The van der Waals surface area contributed by atoms with E-state index < -0.39 is 16.3 Å². The standard InChI is InChI=1S/C38H75NO2.CH4O4S/c1-3-5-7-9-11-13-15-17-19-21-23-25-27-29-31-33-37(40)36(35-39)38(41)34-32-30-28-26-24-22-20-18-16-14-12-10-8-6-4-2;1-5-6(2,3)4/h36H,3-35,39H2,1-2H3;1H3,(H,2,3,4). The third-order valence-electron chi connectivity index (χ3n) is 9.32. The molecule has 3 N–H and O–H groups in total. The van der Waals surface area contributed by atoms with Crippen molar-refractivity contribution in [3.05, 3.63) is 0 Å². The van der Waals surface area contributed by atoms with E-state index in [0.717, 1.165) is 32.8 Å². The van der Waals surface area contributed by atoms with Gasteiger partial charge in [0.2, 0.25) is 10.4 Å². The van der Waals surface area contributed by atoms with Crippen LogP contribution in [0.3, 0.4) is 0 Å². The molecule has 0 saturated heterocycles. The smallest absolute Gasteiger partial charge is 0.217 e. The fourth-order valence-corrected chi connectivity index (χ4v) is 6.19. The Morgan fingerprint density at radius 3 is 0.851 bits per heavy atom. The van der Waals surface area contributed by atoms with Crippen LogP contribution >= 0.6 is 0 Å². The molecule has 0 aromatic rings. The molecule has 0 aliphatic heterocycles. The van der Waals surface area contributed by atoms with Gasteiger partial charge in [-0.05, 0) is 12.8 Å². The molecule has 0 unspecified atom stereocenters. The molecule has 0 spiro atoms. The maximum absolute atomic E-state index is 12.6. The number of carbonyl (C=O) groups is 2. The molecule has 0 aromatic heterocycles. The van der Waals surface area contributed by atoms with E-state index in [4.69, 9.17) is 0 Å². The van der Waals surface area contributed by atoms with Gasteiger partial charge in [0.15, 0.2) is 0 Å². The molecule has 282 valence electrons. The zero-order chi connectivity index (χ0) is 35.3. The molecular weight excluding hydrogens is 610 g/mol. The van der Waals surface area contributed by atoms with E-state index in [1.165, 1.54) is 167 Å². The van der Waals surface area contributed by atoms with Gasteiger partial charge in [-0.25, -0.2) is 8.42 Å². The van der Waals surface area contributed by atoms with Gasteiger partial charge in [-0.15, -0.1) is 0 Å². The summed E-state index contributed by atoms with van der Waals surface area (Å²) in [5.74, 6) is -0.130. The molecular formula is C39H79NO6S. The summed E-state index contributed by atoms with van der Waals surface area (Å²) in [4.78, 5) is 25.3. The molecule has 0 fully saturated rings. The summed E-state index contributed by atoms with van der Waals surface area (Å²) in [6, 6.07) is 0. The van der Waals surface area contributed by atoms with E-state index >= 15 is 0 Å². The van der Waals surface area contributed by atoms with Crippen molar-refractivity contribution in [1.29, 1.82) is 0 Å². The van der Waals surface area contributed by atoms with E-state index in [2.05, 4.69) is 23.8 Å². The average Bonchev–Trinajstić information content (AvgIpc) is 3.05. The minimum absolute atomic E-state index is 0.153. The van der Waals surface area contributed by atoms with E-state index in [-0.39, 0.29) is 11.6 Å². The number of rotatable bonds is 36. The van der Waals surface area contributed by atoms with Gasteiger partial charge in [0.25, 0.3) is 0 Å². The first-order valence-electron chi connectivity index (χ1n) is 20.1. The first kappa shape index (κ1) is 48.3. The average molecular weight is 690 g/mol. The normalized spacial score (nSPS) is 11.5. The Bertz CT molecular complexity index is 727. The molecule has 0 amide bonds. The number of Topliss-reactive ketones (excluding diaryl/α,β-unsaturated/α-hetero) is 2. The molecule has 0 aliphatic rings. The number of ketones is 2. The van der Waals surface area contributed by atoms with E-state index in [1.54, 1.807) is 0 Å². The quantitative estimate of drug-likeness (QED) is 0.0302.